The zero-order chi connectivity index (χ0) is 27.7. The van der Waals surface area contributed by atoms with Gasteiger partial charge in [-0.1, -0.05) is 20.8 Å². The van der Waals surface area contributed by atoms with Crippen molar-refractivity contribution in [1.82, 2.24) is 4.90 Å². The third-order valence-corrected chi connectivity index (χ3v) is 8.95. The first kappa shape index (κ1) is 30.0. The molecule has 2 saturated heterocycles. The van der Waals surface area contributed by atoms with E-state index in [2.05, 4.69) is 20.8 Å². The van der Waals surface area contributed by atoms with E-state index in [1.165, 1.54) is 0 Å². The summed E-state index contributed by atoms with van der Waals surface area (Å²) in [5, 5.41) is 0. The number of Topliss-reactive ketones (excluding diaryl/α,β-unsaturated/α-hetero) is 1. The van der Waals surface area contributed by atoms with E-state index in [4.69, 9.17) is 18.9 Å². The molecule has 0 aromatic rings. The number of ketones is 1. The third-order valence-electron chi connectivity index (χ3n) is 8.95. The van der Waals surface area contributed by atoms with Gasteiger partial charge in [-0.15, -0.1) is 0 Å². The van der Waals surface area contributed by atoms with Gasteiger partial charge in [0.15, 0.2) is 5.79 Å². The number of rotatable bonds is 9. The summed E-state index contributed by atoms with van der Waals surface area (Å²) in [5.74, 6) is -0.411. The van der Waals surface area contributed by atoms with Crippen LogP contribution in [0.3, 0.4) is 0 Å². The lowest BCUT2D eigenvalue weighted by Gasteiger charge is -2.58. The number of hydrogen-bond acceptors (Lipinski definition) is 7. The van der Waals surface area contributed by atoms with Crippen molar-refractivity contribution >= 4 is 18.2 Å². The molecule has 0 aromatic carbocycles. The maximum Gasteiger partial charge on any atom is 0.412 e. The highest BCUT2D eigenvalue weighted by molar-refractivity contribution is 5.78. The Balaban J connectivity index is 1.58. The van der Waals surface area contributed by atoms with Crippen LogP contribution in [-0.2, 0) is 28.5 Å². The van der Waals surface area contributed by atoms with Crippen LogP contribution in [0.4, 0.5) is 4.79 Å². The van der Waals surface area contributed by atoms with Crippen LogP contribution in [0.25, 0.3) is 0 Å². The second-order valence-corrected chi connectivity index (χ2v) is 13.4. The van der Waals surface area contributed by atoms with Gasteiger partial charge in [0.05, 0.1) is 25.9 Å². The van der Waals surface area contributed by atoms with Crippen LogP contribution in [0.2, 0.25) is 0 Å². The molecule has 8 nitrogen and oxygen atoms in total. The number of aldehydes is 1. The fourth-order valence-electron chi connectivity index (χ4n) is 6.72. The van der Waals surface area contributed by atoms with Crippen LogP contribution in [0.15, 0.2) is 0 Å². The molecule has 2 aliphatic heterocycles. The van der Waals surface area contributed by atoms with Crippen molar-refractivity contribution in [1.29, 1.82) is 0 Å². The quantitative estimate of drug-likeness (QED) is 0.361. The second kappa shape index (κ2) is 10.9. The number of carbonyl (C=O) groups excluding carboxylic acids is 3. The summed E-state index contributed by atoms with van der Waals surface area (Å²) in [6, 6.07) is 0. The Morgan fingerprint density at radius 2 is 1.76 bits per heavy atom. The van der Waals surface area contributed by atoms with Gasteiger partial charge in [0.1, 0.15) is 23.4 Å². The van der Waals surface area contributed by atoms with Crippen molar-refractivity contribution in [2.24, 2.45) is 16.7 Å². The summed E-state index contributed by atoms with van der Waals surface area (Å²) in [6.45, 7) is 17.2. The summed E-state index contributed by atoms with van der Waals surface area (Å²) in [5.41, 5.74) is -2.04. The number of hydrogen-bond donors (Lipinski definition) is 0. The molecule has 3 fully saturated rings. The molecule has 1 saturated carbocycles. The van der Waals surface area contributed by atoms with Crippen LogP contribution in [0, 0.1) is 16.7 Å². The molecule has 1 spiro atoms. The zero-order valence-electron chi connectivity index (χ0n) is 24.3. The van der Waals surface area contributed by atoms with Gasteiger partial charge < -0.3 is 23.7 Å². The summed E-state index contributed by atoms with van der Waals surface area (Å²) in [7, 11) is 0. The molecule has 0 aromatic heterocycles. The first-order chi connectivity index (χ1) is 17.1. The summed E-state index contributed by atoms with van der Waals surface area (Å²) in [6.07, 6.45) is 5.75. The van der Waals surface area contributed by atoms with E-state index in [-0.39, 0.29) is 29.3 Å². The monoisotopic (exact) mass is 523 g/mol. The van der Waals surface area contributed by atoms with E-state index in [1.54, 1.807) is 4.90 Å². The van der Waals surface area contributed by atoms with Crippen LogP contribution in [0.5, 0.6) is 0 Å². The highest BCUT2D eigenvalue weighted by Gasteiger charge is 2.62. The molecule has 0 radical (unpaired) electrons. The molecule has 1 amide bonds. The molecule has 212 valence electrons. The van der Waals surface area contributed by atoms with Gasteiger partial charge in [-0.3, -0.25) is 9.69 Å². The van der Waals surface area contributed by atoms with Crippen molar-refractivity contribution in [2.75, 3.05) is 19.8 Å². The molecule has 3 aliphatic rings. The van der Waals surface area contributed by atoms with E-state index >= 15 is 0 Å². The number of nitrogens with zero attached hydrogens (tertiary/aromatic N) is 1. The van der Waals surface area contributed by atoms with Gasteiger partial charge >= 0.3 is 6.09 Å². The van der Waals surface area contributed by atoms with Gasteiger partial charge in [0, 0.05) is 31.1 Å². The third kappa shape index (κ3) is 6.39. The number of carbonyl (C=O) groups is 3. The minimum atomic E-state index is -0.759. The van der Waals surface area contributed by atoms with Gasteiger partial charge in [0.2, 0.25) is 0 Å². The highest BCUT2D eigenvalue weighted by atomic mass is 16.7. The molecule has 0 bridgehead atoms. The van der Waals surface area contributed by atoms with Crippen LogP contribution in [-0.4, -0.2) is 66.0 Å². The van der Waals surface area contributed by atoms with E-state index in [9.17, 15) is 14.4 Å². The smallest absolute Gasteiger partial charge is 0.412 e. The largest absolute Gasteiger partial charge is 0.444 e. The van der Waals surface area contributed by atoms with Crippen molar-refractivity contribution in [3.63, 3.8) is 0 Å². The molecular weight excluding hydrogens is 474 g/mol. The molecule has 2 heterocycles. The second-order valence-electron chi connectivity index (χ2n) is 13.4. The average Bonchev–Trinajstić information content (AvgIpc) is 3.34. The Morgan fingerprint density at radius 1 is 1.11 bits per heavy atom. The number of ether oxygens (including phenoxy) is 4. The fraction of sp³-hybridized carbons (Fsp3) is 0.897. The van der Waals surface area contributed by atoms with Gasteiger partial charge in [0.25, 0.3) is 0 Å². The standard InChI is InChI=1S/C29H49NO7/c1-21(19-23-20-30(26(5,6)36-23)24(33)37-25(2,3)4)18-22(32)10-13-28(8)27(7,14-15-31)11-9-12-29(28)34-16-17-35-29/h15,21,23H,9-14,16-20H2,1-8H3/t21-,23-,27-,28+/m1/s1. The first-order valence-electron chi connectivity index (χ1n) is 14.0. The van der Waals surface area contributed by atoms with Gasteiger partial charge in [-0.2, -0.15) is 0 Å². The predicted molar refractivity (Wildman–Crippen MR) is 140 cm³/mol. The van der Waals surface area contributed by atoms with Crippen LogP contribution in [0.1, 0.15) is 107 Å². The van der Waals surface area contributed by atoms with Crippen LogP contribution >= 0.6 is 0 Å². The highest BCUT2D eigenvalue weighted by Crippen LogP contribution is 2.62. The Hall–Kier alpha value is -1.51. The fourth-order valence-corrected chi connectivity index (χ4v) is 6.72. The maximum absolute atomic E-state index is 13.2. The van der Waals surface area contributed by atoms with Crippen molar-refractivity contribution in [3.8, 4) is 0 Å². The lowest BCUT2D eigenvalue weighted by molar-refractivity contribution is -0.290. The molecular formula is C29H49NO7. The van der Waals surface area contributed by atoms with E-state index in [0.717, 1.165) is 25.5 Å². The first-order valence-corrected chi connectivity index (χ1v) is 14.0. The maximum atomic E-state index is 13.2. The van der Waals surface area contributed by atoms with E-state index in [1.807, 2.05) is 34.6 Å². The van der Waals surface area contributed by atoms with Gasteiger partial charge in [-0.25, -0.2) is 4.79 Å². The lowest BCUT2D eigenvalue weighted by Crippen LogP contribution is -2.59. The minimum Gasteiger partial charge on any atom is -0.444 e. The SMILES string of the molecule is C[C@H](CC(=O)CC[C@]1(C)C2(CCC[C@]1(C)CC=O)OCCO2)C[C@@H]1CN(C(=O)OC(C)(C)C)C(C)(C)O1. The molecule has 0 N–H and O–H groups in total. The molecule has 3 rings (SSSR count). The molecule has 4 atom stereocenters. The van der Waals surface area contributed by atoms with Crippen molar-refractivity contribution in [3.05, 3.63) is 0 Å². The number of amides is 1. The Labute approximate surface area is 223 Å². The summed E-state index contributed by atoms with van der Waals surface area (Å²) >= 11 is 0. The topological polar surface area (TPSA) is 91.4 Å². The average molecular weight is 524 g/mol. The molecule has 0 unspecified atom stereocenters. The molecule has 37 heavy (non-hydrogen) atoms. The Kier molecular flexibility index (Phi) is 8.87. The van der Waals surface area contributed by atoms with Crippen molar-refractivity contribution < 1.29 is 33.3 Å². The Morgan fingerprint density at radius 3 is 2.35 bits per heavy atom. The Bertz CT molecular complexity index is 844. The predicted octanol–water partition coefficient (Wildman–Crippen LogP) is 5.65. The normalized spacial score (nSPS) is 31.9. The van der Waals surface area contributed by atoms with Gasteiger partial charge in [-0.05, 0) is 71.6 Å². The molecule has 1 aliphatic carbocycles. The van der Waals surface area contributed by atoms with E-state index in [0.29, 0.717) is 51.9 Å². The summed E-state index contributed by atoms with van der Waals surface area (Å²) < 4.78 is 24.2. The zero-order valence-corrected chi connectivity index (χ0v) is 24.3. The van der Waals surface area contributed by atoms with E-state index < -0.39 is 22.5 Å². The lowest BCUT2D eigenvalue weighted by atomic mass is 9.52. The van der Waals surface area contributed by atoms with Crippen molar-refractivity contribution in [2.45, 2.75) is 130 Å². The van der Waals surface area contributed by atoms with Crippen LogP contribution < -0.4 is 0 Å². The molecule has 8 heteroatoms. The summed E-state index contributed by atoms with van der Waals surface area (Å²) in [4.78, 5) is 39.1. The minimum absolute atomic E-state index is 0.111.